The number of anilines is 1. The van der Waals surface area contributed by atoms with Gasteiger partial charge >= 0.3 is 0 Å². The number of hydrogen-bond acceptors (Lipinski definition) is 4. The zero-order valence-corrected chi connectivity index (χ0v) is 13.9. The number of fused-ring (bicyclic) bond motifs is 1. The van der Waals surface area contributed by atoms with Crippen molar-refractivity contribution in [3.05, 3.63) is 22.4 Å². The number of aryl methyl sites for hydroxylation is 1. The molecule has 2 aliphatic rings. The smallest absolute Gasteiger partial charge is 0.147 e. The first kappa shape index (κ1) is 15.3. The Hall–Kier alpha value is -1.60. The number of ether oxygens (including phenoxy) is 1. The van der Waals surface area contributed by atoms with Gasteiger partial charge in [0.2, 0.25) is 0 Å². The van der Waals surface area contributed by atoms with Gasteiger partial charge in [0.05, 0.1) is 17.8 Å². The third-order valence-electron chi connectivity index (χ3n) is 4.79. The topological polar surface area (TPSA) is 49.2 Å². The number of nitrogens with zero attached hydrogens (tertiary/aromatic N) is 3. The summed E-state index contributed by atoms with van der Waals surface area (Å²) in [5, 5.41) is 9.78. The summed E-state index contributed by atoms with van der Waals surface area (Å²) in [6.45, 7) is 8.95. The van der Waals surface area contributed by atoms with E-state index in [0.717, 1.165) is 48.6 Å². The molecule has 4 nitrogen and oxygen atoms in total. The fourth-order valence-electron chi connectivity index (χ4n) is 3.57. The van der Waals surface area contributed by atoms with E-state index in [-0.39, 0.29) is 5.60 Å². The molecule has 2 aliphatic heterocycles. The van der Waals surface area contributed by atoms with E-state index in [1.54, 1.807) is 0 Å². The van der Waals surface area contributed by atoms with Gasteiger partial charge in [0.1, 0.15) is 11.9 Å². The van der Waals surface area contributed by atoms with Gasteiger partial charge in [0.15, 0.2) is 0 Å². The van der Waals surface area contributed by atoms with E-state index in [9.17, 15) is 5.26 Å². The second-order valence-corrected chi connectivity index (χ2v) is 6.95. The van der Waals surface area contributed by atoms with Crippen LogP contribution in [0.2, 0.25) is 0 Å². The van der Waals surface area contributed by atoms with Crippen LogP contribution < -0.4 is 4.90 Å². The second-order valence-electron chi connectivity index (χ2n) is 6.95. The van der Waals surface area contributed by atoms with Crippen LogP contribution in [-0.2, 0) is 24.2 Å². The van der Waals surface area contributed by atoms with Crippen molar-refractivity contribution in [2.24, 2.45) is 0 Å². The molecule has 1 aromatic heterocycles. The Morgan fingerprint density at radius 1 is 1.23 bits per heavy atom. The summed E-state index contributed by atoms with van der Waals surface area (Å²) in [5.74, 6) is 0.913. The molecule has 0 unspecified atom stereocenters. The molecule has 0 aliphatic carbocycles. The maximum Gasteiger partial charge on any atom is 0.147 e. The Balaban J connectivity index is 2.13. The minimum atomic E-state index is -0.204. The molecule has 118 valence electrons. The highest BCUT2D eigenvalue weighted by atomic mass is 16.5. The minimum Gasteiger partial charge on any atom is -0.370 e. The monoisotopic (exact) mass is 299 g/mol. The van der Waals surface area contributed by atoms with E-state index in [1.807, 2.05) is 0 Å². The van der Waals surface area contributed by atoms with Crippen molar-refractivity contribution in [3.8, 4) is 6.07 Å². The first-order valence-corrected chi connectivity index (χ1v) is 8.39. The average molecular weight is 299 g/mol. The lowest BCUT2D eigenvalue weighted by atomic mass is 9.87. The zero-order valence-electron chi connectivity index (χ0n) is 13.9. The Morgan fingerprint density at radius 3 is 2.59 bits per heavy atom. The molecule has 0 spiro atoms. The van der Waals surface area contributed by atoms with Crippen molar-refractivity contribution < 1.29 is 4.74 Å². The van der Waals surface area contributed by atoms with Crippen LogP contribution in [-0.4, -0.2) is 23.7 Å². The fraction of sp³-hybridized carbons (Fsp3) is 0.667. The largest absolute Gasteiger partial charge is 0.370 e. The third-order valence-corrected chi connectivity index (χ3v) is 4.79. The Bertz CT molecular complexity index is 610. The fourth-order valence-corrected chi connectivity index (χ4v) is 3.57. The lowest BCUT2D eigenvalue weighted by Gasteiger charge is -2.35. The molecule has 1 fully saturated rings. The highest BCUT2D eigenvalue weighted by molar-refractivity contribution is 5.62. The molecular weight excluding hydrogens is 274 g/mol. The summed E-state index contributed by atoms with van der Waals surface area (Å²) in [7, 11) is 0. The first-order valence-electron chi connectivity index (χ1n) is 8.39. The number of piperidine rings is 1. The molecule has 0 amide bonds. The first-order chi connectivity index (χ1) is 10.6. The molecule has 0 atom stereocenters. The van der Waals surface area contributed by atoms with Crippen LogP contribution in [0.25, 0.3) is 0 Å². The van der Waals surface area contributed by atoms with Crippen molar-refractivity contribution in [2.75, 3.05) is 18.0 Å². The van der Waals surface area contributed by atoms with Gasteiger partial charge in [-0.15, -0.1) is 0 Å². The number of hydrogen-bond donors (Lipinski definition) is 0. The van der Waals surface area contributed by atoms with E-state index in [1.165, 1.54) is 24.8 Å². The maximum atomic E-state index is 9.78. The normalized spacial score (nSPS) is 20.4. The SMILES string of the molecule is CCc1nc(N2CCCCC2)c(C#N)c2c1COC(C)(C)C2. The van der Waals surface area contributed by atoms with E-state index >= 15 is 0 Å². The van der Waals surface area contributed by atoms with Gasteiger partial charge in [0, 0.05) is 30.8 Å². The molecule has 0 radical (unpaired) electrons. The molecule has 0 N–H and O–H groups in total. The van der Waals surface area contributed by atoms with Crippen molar-refractivity contribution in [2.45, 2.75) is 65.1 Å². The molecule has 0 aromatic carbocycles. The van der Waals surface area contributed by atoms with Crippen LogP contribution in [0.4, 0.5) is 5.82 Å². The van der Waals surface area contributed by atoms with Gasteiger partial charge in [-0.25, -0.2) is 4.98 Å². The van der Waals surface area contributed by atoms with Crippen molar-refractivity contribution in [1.82, 2.24) is 4.98 Å². The summed E-state index contributed by atoms with van der Waals surface area (Å²) in [4.78, 5) is 7.18. The number of aromatic nitrogens is 1. The van der Waals surface area contributed by atoms with Crippen molar-refractivity contribution in [3.63, 3.8) is 0 Å². The predicted molar refractivity (Wildman–Crippen MR) is 87.0 cm³/mol. The highest BCUT2D eigenvalue weighted by Gasteiger charge is 2.32. The van der Waals surface area contributed by atoms with Crippen LogP contribution in [0.15, 0.2) is 0 Å². The Morgan fingerprint density at radius 2 is 1.95 bits per heavy atom. The predicted octanol–water partition coefficient (Wildman–Crippen LogP) is 3.36. The van der Waals surface area contributed by atoms with E-state index < -0.39 is 0 Å². The third kappa shape index (κ3) is 2.70. The summed E-state index contributed by atoms with van der Waals surface area (Å²) in [6, 6.07) is 2.45. The highest BCUT2D eigenvalue weighted by Crippen LogP contribution is 2.36. The Labute approximate surface area is 133 Å². The maximum absolute atomic E-state index is 9.78. The summed E-state index contributed by atoms with van der Waals surface area (Å²) < 4.78 is 5.96. The van der Waals surface area contributed by atoms with Gasteiger partial charge in [-0.2, -0.15) is 5.26 Å². The van der Waals surface area contributed by atoms with Gasteiger partial charge in [-0.3, -0.25) is 0 Å². The van der Waals surface area contributed by atoms with Gasteiger partial charge in [0.25, 0.3) is 0 Å². The van der Waals surface area contributed by atoms with Gasteiger partial charge in [-0.1, -0.05) is 6.92 Å². The standard InChI is InChI=1S/C18H25N3O/c1-4-16-15-12-22-18(2,3)10-13(15)14(11-19)17(20-16)21-8-6-5-7-9-21/h4-10,12H2,1-3H3. The molecule has 3 heterocycles. The van der Waals surface area contributed by atoms with Crippen LogP contribution in [0.3, 0.4) is 0 Å². The van der Waals surface area contributed by atoms with Crippen LogP contribution in [0, 0.1) is 11.3 Å². The number of rotatable bonds is 2. The van der Waals surface area contributed by atoms with Crippen LogP contribution in [0.1, 0.15) is 62.4 Å². The second kappa shape index (κ2) is 5.89. The van der Waals surface area contributed by atoms with Gasteiger partial charge in [-0.05, 0) is 45.1 Å². The Kier molecular flexibility index (Phi) is 4.10. The molecule has 1 aromatic rings. The molecular formula is C18H25N3O. The number of nitriles is 1. The quantitative estimate of drug-likeness (QED) is 0.840. The van der Waals surface area contributed by atoms with Crippen LogP contribution >= 0.6 is 0 Å². The summed E-state index contributed by atoms with van der Waals surface area (Å²) in [6.07, 6.45) is 5.35. The van der Waals surface area contributed by atoms with Crippen molar-refractivity contribution >= 4 is 5.82 Å². The molecule has 1 saturated heterocycles. The number of pyridine rings is 1. The van der Waals surface area contributed by atoms with E-state index in [2.05, 4.69) is 31.7 Å². The van der Waals surface area contributed by atoms with Gasteiger partial charge < -0.3 is 9.64 Å². The zero-order chi connectivity index (χ0) is 15.7. The summed E-state index contributed by atoms with van der Waals surface area (Å²) in [5.41, 5.74) is 4.00. The van der Waals surface area contributed by atoms with Crippen LogP contribution in [0.5, 0.6) is 0 Å². The lowest BCUT2D eigenvalue weighted by molar-refractivity contribution is -0.0406. The molecule has 0 saturated carbocycles. The van der Waals surface area contributed by atoms with Crippen molar-refractivity contribution in [1.29, 1.82) is 5.26 Å². The average Bonchev–Trinajstić information content (AvgIpc) is 2.53. The minimum absolute atomic E-state index is 0.204. The molecule has 22 heavy (non-hydrogen) atoms. The molecule has 3 rings (SSSR count). The lowest BCUT2D eigenvalue weighted by Crippen LogP contribution is -2.36. The molecule has 0 bridgehead atoms. The van der Waals surface area contributed by atoms with E-state index in [0.29, 0.717) is 6.61 Å². The summed E-state index contributed by atoms with van der Waals surface area (Å²) >= 11 is 0. The molecule has 4 heteroatoms. The van der Waals surface area contributed by atoms with E-state index in [4.69, 9.17) is 9.72 Å².